The Labute approximate surface area is 193 Å². The first-order valence-corrected chi connectivity index (χ1v) is 11.8. The lowest BCUT2D eigenvalue weighted by molar-refractivity contribution is -0.111. The third-order valence-electron chi connectivity index (χ3n) is 5.15. The van der Waals surface area contributed by atoms with E-state index in [0.29, 0.717) is 36.4 Å². The third kappa shape index (κ3) is 5.07. The van der Waals surface area contributed by atoms with E-state index >= 15 is 0 Å². The Hall–Kier alpha value is -3.42. The van der Waals surface area contributed by atoms with Crippen molar-refractivity contribution in [1.82, 2.24) is 15.1 Å². The molecule has 3 aromatic rings. The number of carbonyl (C=O) groups is 2. The number of anilines is 1. The Kier molecular flexibility index (Phi) is 6.68. The van der Waals surface area contributed by atoms with E-state index in [1.165, 1.54) is 17.4 Å². The molecule has 1 aliphatic carbocycles. The Morgan fingerprint density at radius 1 is 1.44 bits per heavy atom. The molecule has 0 saturated carbocycles. The number of hydrogen-bond donors (Lipinski definition) is 2. The maximum Gasteiger partial charge on any atom is 0.407 e. The molecular weight excluding hydrogens is 446 g/mol. The summed E-state index contributed by atoms with van der Waals surface area (Å²) in [6.07, 6.45) is 5.87. The van der Waals surface area contributed by atoms with Gasteiger partial charge in [0.05, 0.1) is 17.8 Å². The van der Waals surface area contributed by atoms with Crippen LogP contribution < -0.4 is 10.6 Å². The van der Waals surface area contributed by atoms with Gasteiger partial charge in [0, 0.05) is 30.6 Å². The Balaban J connectivity index is 1.36. The zero-order valence-electron chi connectivity index (χ0n) is 17.3. The van der Waals surface area contributed by atoms with Crippen LogP contribution in [0.1, 0.15) is 33.7 Å². The predicted octanol–water partition coefficient (Wildman–Crippen LogP) is 3.85. The third-order valence-corrected chi connectivity index (χ3v) is 7.02. The molecule has 0 aliphatic heterocycles. The highest BCUT2D eigenvalue weighted by Crippen LogP contribution is 2.38. The molecule has 2 N–H and O–H groups in total. The summed E-state index contributed by atoms with van der Waals surface area (Å²) >= 11 is 2.93. The van der Waals surface area contributed by atoms with E-state index < -0.39 is 6.09 Å². The van der Waals surface area contributed by atoms with Gasteiger partial charge in [0.1, 0.15) is 17.2 Å². The fourth-order valence-electron chi connectivity index (χ4n) is 3.49. The van der Waals surface area contributed by atoms with Crippen LogP contribution in [0.2, 0.25) is 0 Å². The number of ether oxygens (including phenoxy) is 1. The average molecular weight is 468 g/mol. The normalized spacial score (nSPS) is 15.2. The average Bonchev–Trinajstić information content (AvgIpc) is 3.50. The van der Waals surface area contributed by atoms with Crippen molar-refractivity contribution in [1.29, 1.82) is 5.26 Å². The van der Waals surface area contributed by atoms with Crippen LogP contribution in [-0.4, -0.2) is 27.9 Å². The molecule has 3 aromatic heterocycles. The number of nitrogens with zero attached hydrogens (tertiary/aromatic N) is 3. The molecule has 1 atom stereocenters. The number of thiophene rings is 2. The van der Waals surface area contributed by atoms with Gasteiger partial charge in [-0.25, -0.2) is 4.79 Å². The molecule has 0 saturated heterocycles. The monoisotopic (exact) mass is 467 g/mol. The first-order chi connectivity index (χ1) is 15.5. The largest absolute Gasteiger partial charge is 0.446 e. The molecule has 0 fully saturated rings. The smallest absolute Gasteiger partial charge is 0.407 e. The molecule has 1 aliphatic rings. The van der Waals surface area contributed by atoms with Crippen molar-refractivity contribution >= 4 is 45.8 Å². The number of nitriles is 1. The number of alkyl carbamates (subject to hydrolysis) is 1. The second kappa shape index (κ2) is 9.80. The van der Waals surface area contributed by atoms with Gasteiger partial charge in [0.2, 0.25) is 5.91 Å². The first-order valence-electron chi connectivity index (χ1n) is 10.0. The van der Waals surface area contributed by atoms with Gasteiger partial charge in [-0.1, -0.05) is 0 Å². The molecule has 10 heteroatoms. The number of carbonyl (C=O) groups excluding carboxylic acids is 2. The molecule has 32 heavy (non-hydrogen) atoms. The fourth-order valence-corrected chi connectivity index (χ4v) is 5.38. The highest BCUT2D eigenvalue weighted by molar-refractivity contribution is 7.16. The summed E-state index contributed by atoms with van der Waals surface area (Å²) in [5, 5.41) is 23.7. The summed E-state index contributed by atoms with van der Waals surface area (Å²) in [5.74, 6) is -0.284. The van der Waals surface area contributed by atoms with E-state index in [-0.39, 0.29) is 12.0 Å². The van der Waals surface area contributed by atoms with E-state index in [1.807, 2.05) is 29.9 Å². The predicted molar refractivity (Wildman–Crippen MR) is 123 cm³/mol. The minimum Gasteiger partial charge on any atom is -0.446 e. The Morgan fingerprint density at radius 3 is 3.03 bits per heavy atom. The number of aryl methyl sites for hydroxylation is 1. The second-order valence-corrected chi connectivity index (χ2v) is 9.15. The Morgan fingerprint density at radius 2 is 2.31 bits per heavy atom. The molecule has 8 nitrogen and oxygen atoms in total. The van der Waals surface area contributed by atoms with E-state index in [4.69, 9.17) is 4.74 Å². The number of aromatic nitrogens is 2. The molecule has 3 heterocycles. The SMILES string of the molecule is Cn1nccc1CNC(=O)OC1CCc2c(sc(NC(=O)C=Cc3ccsc3)c2C#N)C1. The van der Waals surface area contributed by atoms with Crippen molar-refractivity contribution in [2.45, 2.75) is 31.9 Å². The van der Waals surface area contributed by atoms with Crippen LogP contribution in [0.5, 0.6) is 0 Å². The van der Waals surface area contributed by atoms with Crippen molar-refractivity contribution < 1.29 is 14.3 Å². The van der Waals surface area contributed by atoms with Crippen LogP contribution in [0.4, 0.5) is 9.80 Å². The summed E-state index contributed by atoms with van der Waals surface area (Å²) in [5.41, 5.74) is 3.27. The molecule has 164 valence electrons. The number of rotatable bonds is 6. The van der Waals surface area contributed by atoms with Crippen LogP contribution in [0.25, 0.3) is 6.08 Å². The lowest BCUT2D eigenvalue weighted by Crippen LogP contribution is -2.32. The second-order valence-electron chi connectivity index (χ2n) is 7.27. The van der Waals surface area contributed by atoms with E-state index in [0.717, 1.165) is 21.7 Å². The lowest BCUT2D eigenvalue weighted by Gasteiger charge is -2.22. The molecule has 0 bridgehead atoms. The Bertz CT molecular complexity index is 1190. The summed E-state index contributed by atoms with van der Waals surface area (Å²) in [6.45, 7) is 0.333. The van der Waals surface area contributed by atoms with Gasteiger partial charge in [-0.3, -0.25) is 9.48 Å². The maximum atomic E-state index is 12.3. The van der Waals surface area contributed by atoms with Crippen molar-refractivity contribution in [2.75, 3.05) is 5.32 Å². The quantitative estimate of drug-likeness (QED) is 0.535. The minimum absolute atomic E-state index is 0.277. The van der Waals surface area contributed by atoms with Crippen molar-refractivity contribution in [3.8, 4) is 6.07 Å². The van der Waals surface area contributed by atoms with Crippen LogP contribution in [0, 0.1) is 11.3 Å². The van der Waals surface area contributed by atoms with Gasteiger partial charge < -0.3 is 15.4 Å². The number of nitrogens with one attached hydrogen (secondary N) is 2. The molecule has 0 aromatic carbocycles. The highest BCUT2D eigenvalue weighted by Gasteiger charge is 2.28. The zero-order chi connectivity index (χ0) is 22.5. The van der Waals surface area contributed by atoms with Crippen LogP contribution >= 0.6 is 22.7 Å². The fraction of sp³-hybridized carbons (Fsp3) is 0.273. The van der Waals surface area contributed by atoms with Gasteiger partial charge in [-0.15, -0.1) is 11.3 Å². The van der Waals surface area contributed by atoms with Gasteiger partial charge >= 0.3 is 6.09 Å². The van der Waals surface area contributed by atoms with Crippen LogP contribution in [0.15, 0.2) is 35.2 Å². The minimum atomic E-state index is -0.483. The summed E-state index contributed by atoms with van der Waals surface area (Å²) in [7, 11) is 1.81. The lowest BCUT2D eigenvalue weighted by atomic mass is 9.94. The molecule has 0 spiro atoms. The standard InChI is InChI=1S/C22H21N5O3S2/c1-27-15(6-8-25-27)12-24-22(29)30-16-3-4-17-18(11-23)21(32-19(17)10-16)26-20(28)5-2-14-7-9-31-13-14/h2,5-9,13,16H,3-4,10,12H2,1H3,(H,24,29)(H,26,28). The van der Waals surface area contributed by atoms with Crippen molar-refractivity contribution in [2.24, 2.45) is 7.05 Å². The van der Waals surface area contributed by atoms with E-state index in [1.54, 1.807) is 28.3 Å². The summed E-state index contributed by atoms with van der Waals surface area (Å²) in [6, 6.07) is 5.97. The van der Waals surface area contributed by atoms with Crippen molar-refractivity contribution in [3.05, 3.63) is 62.4 Å². The van der Waals surface area contributed by atoms with Crippen LogP contribution in [-0.2, 0) is 36.0 Å². The van der Waals surface area contributed by atoms with Crippen LogP contribution in [0.3, 0.4) is 0 Å². The highest BCUT2D eigenvalue weighted by atomic mass is 32.1. The van der Waals surface area contributed by atoms with Gasteiger partial charge in [0.15, 0.2) is 0 Å². The van der Waals surface area contributed by atoms with Gasteiger partial charge in [0.25, 0.3) is 0 Å². The molecule has 2 amide bonds. The molecular formula is C22H21N5O3S2. The maximum absolute atomic E-state index is 12.3. The van der Waals surface area contributed by atoms with Crippen molar-refractivity contribution in [3.63, 3.8) is 0 Å². The molecule has 1 unspecified atom stereocenters. The summed E-state index contributed by atoms with van der Waals surface area (Å²) < 4.78 is 7.26. The topological polar surface area (TPSA) is 109 Å². The van der Waals surface area contributed by atoms with Gasteiger partial charge in [-0.05, 0) is 52.9 Å². The number of fused-ring (bicyclic) bond motifs is 1. The van der Waals surface area contributed by atoms with E-state index in [2.05, 4.69) is 21.8 Å². The molecule has 4 rings (SSSR count). The van der Waals surface area contributed by atoms with E-state index in [9.17, 15) is 14.9 Å². The number of amides is 2. The number of hydrogen-bond acceptors (Lipinski definition) is 7. The first kappa shape index (κ1) is 21.8. The molecule has 0 radical (unpaired) electrons. The zero-order valence-corrected chi connectivity index (χ0v) is 19.0. The van der Waals surface area contributed by atoms with Gasteiger partial charge in [-0.2, -0.15) is 21.7 Å². The summed E-state index contributed by atoms with van der Waals surface area (Å²) in [4.78, 5) is 25.5.